The van der Waals surface area contributed by atoms with Crippen LogP contribution < -0.4 is 15.0 Å². The fourth-order valence-electron chi connectivity index (χ4n) is 3.58. The van der Waals surface area contributed by atoms with Crippen LogP contribution in [0.25, 0.3) is 5.82 Å². The van der Waals surface area contributed by atoms with E-state index in [1.165, 1.54) is 5.69 Å². The summed E-state index contributed by atoms with van der Waals surface area (Å²) in [5.74, 6) is 2.61. The zero-order valence-electron chi connectivity index (χ0n) is 17.8. The van der Waals surface area contributed by atoms with Gasteiger partial charge in [-0.15, -0.1) is 24.0 Å². The molecular weight excluding hydrogens is 505 g/mol. The molecule has 164 valence electrons. The van der Waals surface area contributed by atoms with E-state index in [0.717, 1.165) is 49.3 Å². The van der Waals surface area contributed by atoms with Gasteiger partial charge < -0.3 is 19.9 Å². The third-order valence-corrected chi connectivity index (χ3v) is 5.23. The summed E-state index contributed by atoms with van der Waals surface area (Å²) in [7, 11) is 3.52. The third kappa shape index (κ3) is 5.66. The van der Waals surface area contributed by atoms with Crippen molar-refractivity contribution in [1.29, 1.82) is 0 Å². The lowest BCUT2D eigenvalue weighted by atomic mass is 10.2. The zero-order chi connectivity index (χ0) is 20.8. The molecular formula is C22H28IN7O. The van der Waals surface area contributed by atoms with Crippen molar-refractivity contribution in [3.05, 3.63) is 66.6 Å². The van der Waals surface area contributed by atoms with Crippen molar-refractivity contribution in [2.24, 2.45) is 4.99 Å². The molecule has 0 bridgehead atoms. The number of nitrogens with zero attached hydrogens (tertiary/aromatic N) is 6. The second-order valence-electron chi connectivity index (χ2n) is 7.05. The molecule has 31 heavy (non-hydrogen) atoms. The Labute approximate surface area is 200 Å². The van der Waals surface area contributed by atoms with Crippen LogP contribution in [-0.2, 0) is 6.54 Å². The van der Waals surface area contributed by atoms with Gasteiger partial charge in [0.15, 0.2) is 11.8 Å². The maximum Gasteiger partial charge on any atom is 0.194 e. The smallest absolute Gasteiger partial charge is 0.194 e. The summed E-state index contributed by atoms with van der Waals surface area (Å²) in [5.41, 5.74) is 2.36. The molecule has 1 aliphatic rings. The summed E-state index contributed by atoms with van der Waals surface area (Å²) in [6.07, 6.45) is 5.45. The maximum atomic E-state index is 5.25. The number of halogens is 1. The highest BCUT2D eigenvalue weighted by atomic mass is 127. The Hall–Kier alpha value is -2.82. The minimum Gasteiger partial charge on any atom is -0.497 e. The second-order valence-corrected chi connectivity index (χ2v) is 7.05. The number of aliphatic imine (C=N–C) groups is 1. The molecule has 0 aliphatic carbocycles. The zero-order valence-corrected chi connectivity index (χ0v) is 20.1. The van der Waals surface area contributed by atoms with Gasteiger partial charge in [0.2, 0.25) is 0 Å². The minimum absolute atomic E-state index is 0. The number of benzene rings is 1. The standard InChI is InChI=1S/C22H27N7O.HI/c1-23-22(25-17-18-8-10-24-21(16-18)29-11-3-9-26-29)28-14-12-27(13-15-28)19-4-6-20(30-2)7-5-19;/h3-11,16H,12-15,17H2,1-2H3,(H,23,25);1H. The van der Waals surface area contributed by atoms with Crippen LogP contribution in [-0.4, -0.2) is 66.0 Å². The van der Waals surface area contributed by atoms with Crippen molar-refractivity contribution in [2.45, 2.75) is 6.54 Å². The largest absolute Gasteiger partial charge is 0.497 e. The molecule has 0 amide bonds. The molecule has 1 aromatic carbocycles. The molecule has 1 fully saturated rings. The van der Waals surface area contributed by atoms with Crippen LogP contribution in [0.4, 0.5) is 5.69 Å². The molecule has 0 saturated carbocycles. The number of rotatable bonds is 5. The van der Waals surface area contributed by atoms with Crippen molar-refractivity contribution in [1.82, 2.24) is 25.0 Å². The van der Waals surface area contributed by atoms with Crippen LogP contribution in [0.15, 0.2) is 66.0 Å². The molecule has 0 unspecified atom stereocenters. The van der Waals surface area contributed by atoms with Crippen LogP contribution in [0.3, 0.4) is 0 Å². The van der Waals surface area contributed by atoms with Gasteiger partial charge in [0.05, 0.1) is 7.11 Å². The van der Waals surface area contributed by atoms with E-state index in [4.69, 9.17) is 4.74 Å². The van der Waals surface area contributed by atoms with Gasteiger partial charge in [0, 0.05) is 64.0 Å². The SMILES string of the molecule is CN=C(NCc1ccnc(-n2cccn2)c1)N1CCN(c2ccc(OC)cc2)CC1.I. The van der Waals surface area contributed by atoms with Crippen molar-refractivity contribution < 1.29 is 4.74 Å². The number of pyridine rings is 1. The van der Waals surface area contributed by atoms with E-state index >= 15 is 0 Å². The molecule has 4 rings (SSSR count). The molecule has 2 aromatic heterocycles. The molecule has 1 saturated heterocycles. The molecule has 1 N–H and O–H groups in total. The highest BCUT2D eigenvalue weighted by molar-refractivity contribution is 14.0. The number of nitrogens with one attached hydrogen (secondary N) is 1. The summed E-state index contributed by atoms with van der Waals surface area (Å²) in [5, 5.41) is 7.73. The average molecular weight is 533 g/mol. The summed E-state index contributed by atoms with van der Waals surface area (Å²) in [4.78, 5) is 13.6. The van der Waals surface area contributed by atoms with E-state index in [0.29, 0.717) is 6.54 Å². The monoisotopic (exact) mass is 533 g/mol. The predicted octanol–water partition coefficient (Wildman–Crippen LogP) is 2.79. The van der Waals surface area contributed by atoms with Crippen molar-refractivity contribution >= 4 is 35.6 Å². The number of aromatic nitrogens is 3. The second kappa shape index (κ2) is 11.0. The van der Waals surface area contributed by atoms with E-state index in [1.807, 2.05) is 49.8 Å². The summed E-state index contributed by atoms with van der Waals surface area (Å²) in [6.45, 7) is 4.42. The van der Waals surface area contributed by atoms with Crippen LogP contribution in [0.2, 0.25) is 0 Å². The highest BCUT2D eigenvalue weighted by Crippen LogP contribution is 2.20. The number of ether oxygens (including phenoxy) is 1. The van der Waals surface area contributed by atoms with Gasteiger partial charge in [-0.2, -0.15) is 5.10 Å². The van der Waals surface area contributed by atoms with Crippen molar-refractivity contribution in [3.63, 3.8) is 0 Å². The van der Waals surface area contributed by atoms with Crippen LogP contribution in [0.1, 0.15) is 5.56 Å². The molecule has 0 radical (unpaired) electrons. The number of anilines is 1. The number of hydrogen-bond acceptors (Lipinski definition) is 5. The van der Waals surface area contributed by atoms with Crippen LogP contribution in [0, 0.1) is 0 Å². The van der Waals surface area contributed by atoms with Crippen LogP contribution >= 0.6 is 24.0 Å². The molecule has 1 aliphatic heterocycles. The number of guanidine groups is 1. The van der Waals surface area contributed by atoms with Crippen molar-refractivity contribution in [3.8, 4) is 11.6 Å². The van der Waals surface area contributed by atoms with Gasteiger partial charge in [-0.3, -0.25) is 4.99 Å². The predicted molar refractivity (Wildman–Crippen MR) is 134 cm³/mol. The fraction of sp³-hybridized carbons (Fsp3) is 0.318. The molecule has 0 spiro atoms. The number of piperazine rings is 1. The lowest BCUT2D eigenvalue weighted by Gasteiger charge is -2.37. The first kappa shape index (κ1) is 22.9. The third-order valence-electron chi connectivity index (χ3n) is 5.23. The first-order valence-corrected chi connectivity index (χ1v) is 10.1. The van der Waals surface area contributed by atoms with E-state index < -0.39 is 0 Å². The molecule has 3 aromatic rings. The fourth-order valence-corrected chi connectivity index (χ4v) is 3.58. The van der Waals surface area contributed by atoms with Gasteiger partial charge in [-0.05, 0) is 48.0 Å². The number of hydrogen-bond donors (Lipinski definition) is 1. The number of methoxy groups -OCH3 is 1. The van der Waals surface area contributed by atoms with E-state index in [-0.39, 0.29) is 24.0 Å². The quantitative estimate of drug-likeness (QED) is 0.309. The Kier molecular flexibility index (Phi) is 8.10. The Morgan fingerprint density at radius 3 is 2.52 bits per heavy atom. The molecule has 0 atom stereocenters. The first-order chi connectivity index (χ1) is 14.8. The van der Waals surface area contributed by atoms with Crippen LogP contribution in [0.5, 0.6) is 5.75 Å². The van der Waals surface area contributed by atoms with Gasteiger partial charge in [-0.1, -0.05) is 0 Å². The summed E-state index contributed by atoms with van der Waals surface area (Å²) in [6, 6.07) is 14.2. The Bertz CT molecular complexity index is 968. The van der Waals surface area contributed by atoms with Gasteiger partial charge in [0.25, 0.3) is 0 Å². The molecule has 8 nitrogen and oxygen atoms in total. The summed E-state index contributed by atoms with van der Waals surface area (Å²) >= 11 is 0. The normalized spacial score (nSPS) is 14.2. The highest BCUT2D eigenvalue weighted by Gasteiger charge is 2.19. The maximum absolute atomic E-state index is 5.25. The van der Waals surface area contributed by atoms with E-state index in [2.05, 4.69) is 42.3 Å². The van der Waals surface area contributed by atoms with E-state index in [9.17, 15) is 0 Å². The Morgan fingerprint density at radius 1 is 1.10 bits per heavy atom. The molecule has 9 heteroatoms. The summed E-state index contributed by atoms with van der Waals surface area (Å²) < 4.78 is 7.01. The van der Waals surface area contributed by atoms with Crippen molar-refractivity contribution in [2.75, 3.05) is 45.2 Å². The van der Waals surface area contributed by atoms with Gasteiger partial charge in [0.1, 0.15) is 5.75 Å². The lowest BCUT2D eigenvalue weighted by molar-refractivity contribution is 0.372. The lowest BCUT2D eigenvalue weighted by Crippen LogP contribution is -2.52. The van der Waals surface area contributed by atoms with E-state index in [1.54, 1.807) is 18.0 Å². The minimum atomic E-state index is 0. The molecule has 3 heterocycles. The van der Waals surface area contributed by atoms with Gasteiger partial charge in [-0.25, -0.2) is 9.67 Å². The van der Waals surface area contributed by atoms with Gasteiger partial charge >= 0.3 is 0 Å². The first-order valence-electron chi connectivity index (χ1n) is 10.1. The Balaban J connectivity index is 0.00000272. The average Bonchev–Trinajstić information content (AvgIpc) is 3.35. The topological polar surface area (TPSA) is 70.8 Å². The Morgan fingerprint density at radius 2 is 1.87 bits per heavy atom.